The van der Waals surface area contributed by atoms with Crippen LogP contribution in [-0.4, -0.2) is 40.5 Å². The topological polar surface area (TPSA) is 98.9 Å². The van der Waals surface area contributed by atoms with Gasteiger partial charge in [0.2, 0.25) is 10.0 Å². The molecule has 1 amide bonds. The lowest BCUT2D eigenvalue weighted by Crippen LogP contribution is -2.29. The molecule has 0 heterocycles. The molecule has 2 rings (SSSR count). The van der Waals surface area contributed by atoms with Crippen LogP contribution in [-0.2, 0) is 10.0 Å². The molecule has 0 radical (unpaired) electrons. The van der Waals surface area contributed by atoms with Gasteiger partial charge in [-0.05, 0) is 52.7 Å². The van der Waals surface area contributed by atoms with E-state index in [0.29, 0.717) is 21.5 Å². The minimum Gasteiger partial charge on any atom is -0.495 e. The minimum absolute atomic E-state index is 0.0230. The molecule has 0 spiro atoms. The maximum atomic E-state index is 12.9. The molecule has 0 saturated heterocycles. The van der Waals surface area contributed by atoms with Gasteiger partial charge in [0.15, 0.2) is 0 Å². The van der Waals surface area contributed by atoms with E-state index in [1.807, 2.05) is 6.92 Å². The van der Waals surface area contributed by atoms with Gasteiger partial charge in [-0.15, -0.1) is 0 Å². The summed E-state index contributed by atoms with van der Waals surface area (Å²) >= 11 is 3.38. The summed E-state index contributed by atoms with van der Waals surface area (Å²) in [4.78, 5) is 14.5. The Morgan fingerprint density at radius 1 is 1.11 bits per heavy atom. The molecule has 0 fully saturated rings. The molecule has 0 saturated carbocycles. The molecule has 0 aliphatic heterocycles. The predicted octanol–water partition coefficient (Wildman–Crippen LogP) is 2.95. The zero-order valence-corrected chi connectivity index (χ0v) is 17.8. The molecule has 2 aromatic rings. The summed E-state index contributed by atoms with van der Waals surface area (Å²) in [6.45, 7) is 1.84. The Balaban J connectivity index is 2.31. The standard InChI is InChI=1S/C18H21BrN2O5S/c1-11(12-5-7-14(8-6-12)27(20,23)24)21(2)18(22)13-9-15(25-3)17(19)16(10-13)26-4/h5-11H,1-4H3,(H2,20,23,24)/t11-/m1/s1. The average Bonchev–Trinajstić information content (AvgIpc) is 2.65. The first-order valence-electron chi connectivity index (χ1n) is 7.91. The van der Waals surface area contributed by atoms with Crippen LogP contribution in [0.4, 0.5) is 0 Å². The Morgan fingerprint density at radius 3 is 2.00 bits per heavy atom. The van der Waals surface area contributed by atoms with Crippen molar-refractivity contribution in [2.75, 3.05) is 21.3 Å². The molecular formula is C18H21BrN2O5S. The molecular weight excluding hydrogens is 436 g/mol. The molecule has 27 heavy (non-hydrogen) atoms. The summed E-state index contributed by atoms with van der Waals surface area (Å²) in [7, 11) is 0.925. The fourth-order valence-electron chi connectivity index (χ4n) is 2.53. The first-order valence-corrected chi connectivity index (χ1v) is 10.3. The molecule has 7 nitrogen and oxygen atoms in total. The van der Waals surface area contributed by atoms with Gasteiger partial charge in [0.25, 0.3) is 5.91 Å². The third-order valence-corrected chi connectivity index (χ3v) is 6.00. The molecule has 0 aliphatic rings. The van der Waals surface area contributed by atoms with Crippen LogP contribution < -0.4 is 14.6 Å². The van der Waals surface area contributed by atoms with E-state index >= 15 is 0 Å². The van der Waals surface area contributed by atoms with E-state index in [0.717, 1.165) is 5.56 Å². The van der Waals surface area contributed by atoms with Crippen LogP contribution in [0.1, 0.15) is 28.9 Å². The smallest absolute Gasteiger partial charge is 0.254 e. The Hall–Kier alpha value is -2.10. The first kappa shape index (κ1) is 21.2. The van der Waals surface area contributed by atoms with Crippen molar-refractivity contribution >= 4 is 31.9 Å². The van der Waals surface area contributed by atoms with E-state index in [1.54, 1.807) is 36.2 Å². The van der Waals surface area contributed by atoms with Gasteiger partial charge in [0, 0.05) is 12.6 Å². The Bertz CT molecular complexity index is 920. The molecule has 2 N–H and O–H groups in total. The number of amides is 1. The highest BCUT2D eigenvalue weighted by Gasteiger charge is 2.22. The Labute approximate surface area is 167 Å². The van der Waals surface area contributed by atoms with Crippen molar-refractivity contribution in [1.82, 2.24) is 4.90 Å². The van der Waals surface area contributed by atoms with Crippen LogP contribution in [0.5, 0.6) is 11.5 Å². The second kappa shape index (κ2) is 8.28. The summed E-state index contributed by atoms with van der Waals surface area (Å²) in [5.41, 5.74) is 1.18. The highest BCUT2D eigenvalue weighted by molar-refractivity contribution is 9.10. The normalized spacial score (nSPS) is 12.4. The molecule has 0 bridgehead atoms. The van der Waals surface area contributed by atoms with Gasteiger partial charge in [0.05, 0.1) is 25.2 Å². The maximum absolute atomic E-state index is 12.9. The SMILES string of the molecule is COc1cc(C(=O)N(C)[C@H](C)c2ccc(S(N)(=O)=O)cc2)cc(OC)c1Br. The molecule has 2 aromatic carbocycles. The van der Waals surface area contributed by atoms with E-state index in [4.69, 9.17) is 14.6 Å². The molecule has 0 aromatic heterocycles. The molecule has 1 atom stereocenters. The van der Waals surface area contributed by atoms with Crippen molar-refractivity contribution < 1.29 is 22.7 Å². The lowest BCUT2D eigenvalue weighted by molar-refractivity contribution is 0.0741. The van der Waals surface area contributed by atoms with Crippen molar-refractivity contribution in [3.8, 4) is 11.5 Å². The first-order chi connectivity index (χ1) is 12.6. The number of nitrogens with two attached hydrogens (primary N) is 1. The number of nitrogens with zero attached hydrogens (tertiary/aromatic N) is 1. The van der Waals surface area contributed by atoms with E-state index in [2.05, 4.69) is 15.9 Å². The largest absolute Gasteiger partial charge is 0.495 e. The van der Waals surface area contributed by atoms with Crippen LogP contribution >= 0.6 is 15.9 Å². The zero-order valence-electron chi connectivity index (χ0n) is 15.4. The second-order valence-corrected chi connectivity index (χ2v) is 8.26. The van der Waals surface area contributed by atoms with Gasteiger partial charge in [-0.2, -0.15) is 0 Å². The molecule has 0 aliphatic carbocycles. The fourth-order valence-corrected chi connectivity index (χ4v) is 3.60. The lowest BCUT2D eigenvalue weighted by atomic mass is 10.1. The molecule has 146 valence electrons. The number of rotatable bonds is 6. The fraction of sp³-hybridized carbons (Fsp3) is 0.278. The number of carbonyl (C=O) groups is 1. The minimum atomic E-state index is -3.76. The number of halogens is 1. The number of benzene rings is 2. The van der Waals surface area contributed by atoms with Gasteiger partial charge in [0.1, 0.15) is 16.0 Å². The number of ether oxygens (including phenoxy) is 2. The summed E-state index contributed by atoms with van der Waals surface area (Å²) in [6, 6.07) is 9.07. The third-order valence-electron chi connectivity index (χ3n) is 4.28. The number of hydrogen-bond acceptors (Lipinski definition) is 5. The van der Waals surface area contributed by atoms with Gasteiger partial charge >= 0.3 is 0 Å². The number of carbonyl (C=O) groups excluding carboxylic acids is 1. The number of hydrogen-bond donors (Lipinski definition) is 1. The Kier molecular flexibility index (Phi) is 6.50. The van der Waals surface area contributed by atoms with E-state index in [-0.39, 0.29) is 16.8 Å². The lowest BCUT2D eigenvalue weighted by Gasteiger charge is -2.26. The number of sulfonamides is 1. The van der Waals surface area contributed by atoms with Crippen LogP contribution in [0.2, 0.25) is 0 Å². The van der Waals surface area contributed by atoms with Gasteiger partial charge in [-0.3, -0.25) is 4.79 Å². The van der Waals surface area contributed by atoms with Crippen LogP contribution in [0.15, 0.2) is 45.8 Å². The van der Waals surface area contributed by atoms with Crippen molar-refractivity contribution in [2.45, 2.75) is 17.9 Å². The highest BCUT2D eigenvalue weighted by Crippen LogP contribution is 2.36. The van der Waals surface area contributed by atoms with Crippen molar-refractivity contribution in [1.29, 1.82) is 0 Å². The van der Waals surface area contributed by atoms with E-state index < -0.39 is 10.0 Å². The van der Waals surface area contributed by atoms with Crippen LogP contribution in [0.3, 0.4) is 0 Å². The number of methoxy groups -OCH3 is 2. The molecule has 0 unspecified atom stereocenters. The number of primary sulfonamides is 1. The van der Waals surface area contributed by atoms with E-state index in [9.17, 15) is 13.2 Å². The van der Waals surface area contributed by atoms with Crippen LogP contribution in [0.25, 0.3) is 0 Å². The van der Waals surface area contributed by atoms with Crippen molar-refractivity contribution in [3.63, 3.8) is 0 Å². The monoisotopic (exact) mass is 456 g/mol. The third kappa shape index (κ3) is 4.60. The molecule has 9 heteroatoms. The average molecular weight is 457 g/mol. The van der Waals surface area contributed by atoms with Gasteiger partial charge in [-0.1, -0.05) is 12.1 Å². The van der Waals surface area contributed by atoms with E-state index in [1.165, 1.54) is 26.4 Å². The summed E-state index contributed by atoms with van der Waals surface area (Å²) in [6.07, 6.45) is 0. The van der Waals surface area contributed by atoms with Gasteiger partial charge < -0.3 is 14.4 Å². The quantitative estimate of drug-likeness (QED) is 0.719. The second-order valence-electron chi connectivity index (χ2n) is 5.90. The van der Waals surface area contributed by atoms with Crippen molar-refractivity contribution in [3.05, 3.63) is 52.0 Å². The highest BCUT2D eigenvalue weighted by atomic mass is 79.9. The zero-order chi connectivity index (χ0) is 20.4. The summed E-state index contributed by atoms with van der Waals surface area (Å²) in [5, 5.41) is 5.11. The summed E-state index contributed by atoms with van der Waals surface area (Å²) in [5.74, 6) is 0.731. The summed E-state index contributed by atoms with van der Waals surface area (Å²) < 4.78 is 33.9. The predicted molar refractivity (Wildman–Crippen MR) is 106 cm³/mol. The van der Waals surface area contributed by atoms with Gasteiger partial charge in [-0.25, -0.2) is 13.6 Å². The Morgan fingerprint density at radius 2 is 1.59 bits per heavy atom. The maximum Gasteiger partial charge on any atom is 0.254 e. The van der Waals surface area contributed by atoms with Crippen molar-refractivity contribution in [2.24, 2.45) is 5.14 Å². The van der Waals surface area contributed by atoms with Crippen LogP contribution in [0, 0.1) is 0 Å².